The Morgan fingerprint density at radius 2 is 1.16 bits per heavy atom. The molecule has 49 heavy (non-hydrogen) atoms. The lowest BCUT2D eigenvalue weighted by molar-refractivity contribution is 0.893. The van der Waals surface area contributed by atoms with Gasteiger partial charge in [0.25, 0.3) is 0 Å². The lowest BCUT2D eigenvalue weighted by Gasteiger charge is -2.32. The highest BCUT2D eigenvalue weighted by Gasteiger charge is 2.25. The van der Waals surface area contributed by atoms with Gasteiger partial charge in [-0.3, -0.25) is 0 Å². The summed E-state index contributed by atoms with van der Waals surface area (Å²) in [5.74, 6) is 0. The van der Waals surface area contributed by atoms with Crippen LogP contribution in [0.5, 0.6) is 0 Å². The van der Waals surface area contributed by atoms with Gasteiger partial charge >= 0.3 is 0 Å². The lowest BCUT2D eigenvalue weighted by atomic mass is 9.80. The molecule has 10 rings (SSSR count). The fourth-order valence-electron chi connectivity index (χ4n) is 8.85. The van der Waals surface area contributed by atoms with Crippen molar-refractivity contribution in [2.75, 3.05) is 4.90 Å². The molecule has 0 saturated carbocycles. The van der Waals surface area contributed by atoms with Crippen molar-refractivity contribution in [3.05, 3.63) is 173 Å². The molecule has 3 aliphatic rings. The Labute approximate surface area is 287 Å². The van der Waals surface area contributed by atoms with Gasteiger partial charge in [-0.15, -0.1) is 0 Å². The highest BCUT2D eigenvalue weighted by Crippen LogP contribution is 2.49. The van der Waals surface area contributed by atoms with Crippen LogP contribution in [0.2, 0.25) is 0 Å². The maximum absolute atomic E-state index is 2.57. The van der Waals surface area contributed by atoms with Gasteiger partial charge in [0.2, 0.25) is 0 Å². The molecule has 0 bridgehead atoms. The molecule has 0 spiro atoms. The highest BCUT2D eigenvalue weighted by molar-refractivity contribution is 6.26. The van der Waals surface area contributed by atoms with E-state index in [4.69, 9.17) is 0 Å². The summed E-state index contributed by atoms with van der Waals surface area (Å²) in [7, 11) is 0. The van der Waals surface area contributed by atoms with Crippen LogP contribution in [-0.2, 0) is 6.42 Å². The molecule has 0 atom stereocenters. The van der Waals surface area contributed by atoms with Crippen molar-refractivity contribution >= 4 is 71.8 Å². The van der Waals surface area contributed by atoms with E-state index in [9.17, 15) is 0 Å². The molecule has 1 heteroatoms. The number of hydrogen-bond donors (Lipinski definition) is 0. The van der Waals surface area contributed by atoms with Crippen LogP contribution >= 0.6 is 0 Å². The van der Waals surface area contributed by atoms with Crippen molar-refractivity contribution in [1.82, 2.24) is 0 Å². The average molecular weight is 628 g/mol. The second-order valence-electron chi connectivity index (χ2n) is 13.7. The van der Waals surface area contributed by atoms with Crippen LogP contribution in [0.4, 0.5) is 17.1 Å². The summed E-state index contributed by atoms with van der Waals surface area (Å²) in [6.45, 7) is 0. The average Bonchev–Trinajstić information content (AvgIpc) is 3.17. The van der Waals surface area contributed by atoms with Crippen molar-refractivity contribution in [1.29, 1.82) is 0 Å². The molecular weight excluding hydrogens is 591 g/mol. The SMILES string of the molecule is C1=CC2=C(CC1)C(c1cc3cc(N(c4cccc5c4CCC=C5)c4cccc5ccccc45)c4ccccc4c3c3ccccc13)=CCC2. The molecule has 0 N–H and O–H groups in total. The number of fused-ring (bicyclic) bond motifs is 7. The molecule has 0 unspecified atom stereocenters. The molecule has 1 nitrogen and oxygen atoms in total. The maximum atomic E-state index is 2.57. The zero-order valence-corrected chi connectivity index (χ0v) is 27.6. The van der Waals surface area contributed by atoms with E-state index < -0.39 is 0 Å². The second-order valence-corrected chi connectivity index (χ2v) is 13.7. The minimum atomic E-state index is 1.03. The quantitative estimate of drug-likeness (QED) is 0.176. The van der Waals surface area contributed by atoms with Crippen molar-refractivity contribution < 1.29 is 0 Å². The fourth-order valence-corrected chi connectivity index (χ4v) is 8.85. The predicted molar refractivity (Wildman–Crippen MR) is 211 cm³/mol. The summed E-state index contributed by atoms with van der Waals surface area (Å²) in [5, 5.41) is 10.4. The van der Waals surface area contributed by atoms with Gasteiger partial charge in [-0.05, 0) is 129 Å². The van der Waals surface area contributed by atoms with Gasteiger partial charge in [0.1, 0.15) is 0 Å². The number of allylic oxidation sites excluding steroid dienone is 7. The minimum Gasteiger partial charge on any atom is -0.309 e. The Morgan fingerprint density at radius 3 is 2.06 bits per heavy atom. The van der Waals surface area contributed by atoms with Crippen LogP contribution in [0.1, 0.15) is 48.8 Å². The van der Waals surface area contributed by atoms with Crippen molar-refractivity contribution in [2.45, 2.75) is 38.5 Å². The Kier molecular flexibility index (Phi) is 6.65. The molecule has 3 aliphatic carbocycles. The molecule has 0 saturated heterocycles. The number of rotatable bonds is 4. The molecule has 7 aromatic carbocycles. The lowest BCUT2D eigenvalue weighted by Crippen LogP contribution is -2.14. The molecule has 0 aliphatic heterocycles. The van der Waals surface area contributed by atoms with E-state index in [-0.39, 0.29) is 0 Å². The number of nitrogens with zero attached hydrogens (tertiary/aromatic N) is 1. The van der Waals surface area contributed by atoms with E-state index in [0.29, 0.717) is 0 Å². The van der Waals surface area contributed by atoms with Gasteiger partial charge in [-0.25, -0.2) is 0 Å². The van der Waals surface area contributed by atoms with E-state index in [2.05, 4.69) is 157 Å². The number of benzene rings is 7. The molecule has 0 aromatic heterocycles. The minimum absolute atomic E-state index is 1.03. The first kappa shape index (κ1) is 28.4. The van der Waals surface area contributed by atoms with Crippen molar-refractivity contribution in [3.8, 4) is 0 Å². The third kappa shape index (κ3) is 4.53. The first-order chi connectivity index (χ1) is 24.3. The molecule has 7 aromatic rings. The van der Waals surface area contributed by atoms with Gasteiger partial charge in [0.05, 0.1) is 11.4 Å². The Bertz CT molecular complexity index is 2600. The normalized spacial score (nSPS) is 15.6. The van der Waals surface area contributed by atoms with E-state index >= 15 is 0 Å². The summed E-state index contributed by atoms with van der Waals surface area (Å²) in [4.78, 5) is 2.57. The van der Waals surface area contributed by atoms with E-state index in [1.54, 1.807) is 5.57 Å². The zero-order valence-electron chi connectivity index (χ0n) is 27.6. The van der Waals surface area contributed by atoms with Crippen LogP contribution in [0.15, 0.2) is 157 Å². The van der Waals surface area contributed by atoms with Crippen LogP contribution in [-0.4, -0.2) is 0 Å². The van der Waals surface area contributed by atoms with Gasteiger partial charge < -0.3 is 4.90 Å². The summed E-state index contributed by atoms with van der Waals surface area (Å²) in [5.41, 5.74) is 12.3. The van der Waals surface area contributed by atoms with E-state index in [1.165, 1.54) is 88.0 Å². The number of hydrogen-bond acceptors (Lipinski definition) is 1. The van der Waals surface area contributed by atoms with Gasteiger partial charge in [0, 0.05) is 16.5 Å². The molecule has 0 radical (unpaired) electrons. The third-order valence-corrected chi connectivity index (χ3v) is 11.0. The van der Waals surface area contributed by atoms with E-state index in [1.807, 2.05) is 0 Å². The standard InChI is InChI=1S/C48H37N/c1-4-20-36-32(14-1)17-11-27-39(36)44-30-35-31-47(41-24-8-10-26-43(41)48(35)42-25-9-7-23-40(42)44)49(45-28-12-18-33-15-2-5-21-37(33)45)46-29-13-19-34-16-3-6-22-38(34)46/h1-3,5,7-10,12-16,18-19,21,23-31H,4,6,11,17,20,22H2. The smallest absolute Gasteiger partial charge is 0.0546 e. The van der Waals surface area contributed by atoms with Gasteiger partial charge in [-0.1, -0.05) is 127 Å². The van der Waals surface area contributed by atoms with Crippen molar-refractivity contribution in [3.63, 3.8) is 0 Å². The Balaban J connectivity index is 1.32. The van der Waals surface area contributed by atoms with Gasteiger partial charge in [0.15, 0.2) is 0 Å². The Morgan fingerprint density at radius 1 is 0.469 bits per heavy atom. The van der Waals surface area contributed by atoms with Crippen LogP contribution in [0, 0.1) is 0 Å². The highest BCUT2D eigenvalue weighted by atomic mass is 15.1. The summed E-state index contributed by atoms with van der Waals surface area (Å²) in [6.07, 6.45) is 18.5. The monoisotopic (exact) mass is 627 g/mol. The topological polar surface area (TPSA) is 3.24 Å². The fraction of sp³-hybridized carbons (Fsp3) is 0.125. The molecule has 0 heterocycles. The molecule has 0 amide bonds. The first-order valence-electron chi connectivity index (χ1n) is 17.9. The van der Waals surface area contributed by atoms with Crippen LogP contribution < -0.4 is 4.90 Å². The largest absolute Gasteiger partial charge is 0.309 e. The maximum Gasteiger partial charge on any atom is 0.0546 e. The number of anilines is 3. The summed E-state index contributed by atoms with van der Waals surface area (Å²) in [6, 6.07) is 45.6. The zero-order chi connectivity index (χ0) is 32.3. The summed E-state index contributed by atoms with van der Waals surface area (Å²) >= 11 is 0. The molecule has 0 fully saturated rings. The van der Waals surface area contributed by atoms with Crippen molar-refractivity contribution in [2.24, 2.45) is 0 Å². The molecule has 234 valence electrons. The van der Waals surface area contributed by atoms with Crippen LogP contribution in [0.25, 0.3) is 54.7 Å². The predicted octanol–water partition coefficient (Wildman–Crippen LogP) is 13.6. The third-order valence-electron chi connectivity index (χ3n) is 11.0. The van der Waals surface area contributed by atoms with Gasteiger partial charge in [-0.2, -0.15) is 0 Å². The second kappa shape index (κ2) is 11.5. The Hall–Kier alpha value is -5.66. The summed E-state index contributed by atoms with van der Waals surface area (Å²) < 4.78 is 0. The van der Waals surface area contributed by atoms with E-state index in [0.717, 1.165) is 38.5 Å². The van der Waals surface area contributed by atoms with Crippen LogP contribution in [0.3, 0.4) is 0 Å². The first-order valence-corrected chi connectivity index (χ1v) is 17.9. The molecular formula is C48H37N.